The second-order valence-electron chi connectivity index (χ2n) is 7.05. The summed E-state index contributed by atoms with van der Waals surface area (Å²) in [7, 11) is 3.58. The van der Waals surface area contributed by atoms with E-state index in [1.165, 1.54) is 0 Å². The van der Waals surface area contributed by atoms with Crippen LogP contribution in [0.2, 0.25) is 0 Å². The van der Waals surface area contributed by atoms with Crippen molar-refractivity contribution in [2.75, 3.05) is 53.6 Å². The van der Waals surface area contributed by atoms with Crippen LogP contribution in [0.25, 0.3) is 0 Å². The van der Waals surface area contributed by atoms with Crippen LogP contribution in [0.3, 0.4) is 0 Å². The number of rotatable bonds is 8. The Morgan fingerprint density at radius 3 is 2.43 bits per heavy atom. The van der Waals surface area contributed by atoms with Gasteiger partial charge in [-0.15, -0.1) is 0 Å². The van der Waals surface area contributed by atoms with Gasteiger partial charge in [0, 0.05) is 59.1 Å². The van der Waals surface area contributed by atoms with E-state index >= 15 is 0 Å². The van der Waals surface area contributed by atoms with E-state index in [0.717, 1.165) is 64.6 Å². The van der Waals surface area contributed by atoms with Crippen molar-refractivity contribution in [3.63, 3.8) is 0 Å². The highest BCUT2D eigenvalue weighted by atomic mass is 16.5. The lowest BCUT2D eigenvalue weighted by atomic mass is 10.1. The summed E-state index contributed by atoms with van der Waals surface area (Å²) in [6.45, 7) is 11.9. The Morgan fingerprint density at radius 2 is 1.87 bits per heavy atom. The summed E-state index contributed by atoms with van der Waals surface area (Å²) in [5.41, 5.74) is 0.156. The molecule has 0 radical (unpaired) electrons. The molecule has 1 rings (SSSR count). The van der Waals surface area contributed by atoms with E-state index in [1.54, 1.807) is 7.11 Å². The van der Waals surface area contributed by atoms with Gasteiger partial charge in [0.05, 0.1) is 6.10 Å². The van der Waals surface area contributed by atoms with Gasteiger partial charge < -0.3 is 25.0 Å². The Hall–Kier alpha value is -0.850. The van der Waals surface area contributed by atoms with E-state index in [0.29, 0.717) is 6.10 Å². The molecule has 6 heteroatoms. The number of hydrogen-bond donors (Lipinski definition) is 2. The molecule has 6 nitrogen and oxygen atoms in total. The summed E-state index contributed by atoms with van der Waals surface area (Å²) in [4.78, 5) is 6.73. The number of piperidine rings is 1. The number of nitrogens with one attached hydrogen (secondary N) is 2. The third kappa shape index (κ3) is 9.13. The van der Waals surface area contributed by atoms with Crippen LogP contribution in [0.5, 0.6) is 0 Å². The largest absolute Gasteiger partial charge is 0.385 e. The molecule has 23 heavy (non-hydrogen) atoms. The second kappa shape index (κ2) is 10.8. The summed E-state index contributed by atoms with van der Waals surface area (Å²) >= 11 is 0. The van der Waals surface area contributed by atoms with Gasteiger partial charge in [0.1, 0.15) is 0 Å². The number of aliphatic imine (C=N–C) groups is 1. The molecule has 1 heterocycles. The van der Waals surface area contributed by atoms with Gasteiger partial charge in [-0.25, -0.2) is 0 Å². The molecule has 0 atom stereocenters. The monoisotopic (exact) mass is 328 g/mol. The second-order valence-corrected chi connectivity index (χ2v) is 7.05. The molecule has 0 aromatic rings. The Morgan fingerprint density at radius 1 is 1.17 bits per heavy atom. The fourth-order valence-corrected chi connectivity index (χ4v) is 2.63. The highest BCUT2D eigenvalue weighted by Gasteiger charge is 2.21. The molecule has 0 aliphatic carbocycles. The summed E-state index contributed by atoms with van der Waals surface area (Å²) in [6, 6.07) is 0. The SMILES string of the molecule is CN=C(NCCNC(C)(C)C)N1CCC(OCCCOC)CC1. The van der Waals surface area contributed by atoms with Crippen LogP contribution in [-0.4, -0.2) is 76.1 Å². The number of hydrogen-bond acceptors (Lipinski definition) is 4. The van der Waals surface area contributed by atoms with E-state index in [4.69, 9.17) is 9.47 Å². The Kier molecular flexibility index (Phi) is 9.52. The van der Waals surface area contributed by atoms with Crippen LogP contribution in [0.1, 0.15) is 40.0 Å². The molecule has 1 aliphatic rings. The van der Waals surface area contributed by atoms with Gasteiger partial charge in [0.2, 0.25) is 0 Å². The van der Waals surface area contributed by atoms with Crippen molar-refractivity contribution in [1.29, 1.82) is 0 Å². The molecule has 0 aromatic heterocycles. The van der Waals surface area contributed by atoms with Crippen molar-refractivity contribution < 1.29 is 9.47 Å². The van der Waals surface area contributed by atoms with Gasteiger partial charge in [0.15, 0.2) is 5.96 Å². The van der Waals surface area contributed by atoms with Crippen LogP contribution < -0.4 is 10.6 Å². The van der Waals surface area contributed by atoms with Crippen LogP contribution >= 0.6 is 0 Å². The van der Waals surface area contributed by atoms with Crippen LogP contribution in [-0.2, 0) is 9.47 Å². The first kappa shape index (κ1) is 20.2. The number of likely N-dealkylation sites (tertiary alicyclic amines) is 1. The quantitative estimate of drug-likeness (QED) is 0.401. The van der Waals surface area contributed by atoms with Gasteiger partial charge in [-0.3, -0.25) is 4.99 Å². The van der Waals surface area contributed by atoms with Crippen molar-refractivity contribution >= 4 is 5.96 Å². The molecule has 2 N–H and O–H groups in total. The zero-order valence-corrected chi connectivity index (χ0v) is 15.7. The summed E-state index contributed by atoms with van der Waals surface area (Å²) in [5.74, 6) is 0.999. The molecule has 0 saturated carbocycles. The van der Waals surface area contributed by atoms with Crippen LogP contribution in [0.15, 0.2) is 4.99 Å². The maximum absolute atomic E-state index is 5.91. The van der Waals surface area contributed by atoms with E-state index in [1.807, 2.05) is 7.05 Å². The molecule has 1 aliphatic heterocycles. The average Bonchev–Trinajstić information content (AvgIpc) is 2.51. The van der Waals surface area contributed by atoms with Crippen molar-refractivity contribution in [2.24, 2.45) is 4.99 Å². The first-order chi connectivity index (χ1) is 11.0. The third-order valence-corrected chi connectivity index (χ3v) is 3.86. The maximum atomic E-state index is 5.91. The molecular weight excluding hydrogens is 292 g/mol. The first-order valence-electron chi connectivity index (χ1n) is 8.77. The van der Waals surface area contributed by atoms with Crippen molar-refractivity contribution in [3.8, 4) is 0 Å². The van der Waals surface area contributed by atoms with Gasteiger partial charge in [-0.2, -0.15) is 0 Å². The molecule has 136 valence electrons. The predicted molar refractivity (Wildman–Crippen MR) is 96.2 cm³/mol. The lowest BCUT2D eigenvalue weighted by molar-refractivity contribution is 0.00991. The van der Waals surface area contributed by atoms with Crippen molar-refractivity contribution in [3.05, 3.63) is 0 Å². The van der Waals surface area contributed by atoms with E-state index < -0.39 is 0 Å². The van der Waals surface area contributed by atoms with Crippen molar-refractivity contribution in [2.45, 2.75) is 51.7 Å². The summed E-state index contributed by atoms with van der Waals surface area (Å²) in [5, 5.41) is 6.92. The number of guanidine groups is 1. The minimum absolute atomic E-state index is 0.156. The number of ether oxygens (including phenoxy) is 2. The highest BCUT2D eigenvalue weighted by molar-refractivity contribution is 5.79. The van der Waals surface area contributed by atoms with Crippen LogP contribution in [0, 0.1) is 0 Å². The topological polar surface area (TPSA) is 58.1 Å². The van der Waals surface area contributed by atoms with Gasteiger partial charge in [-0.05, 0) is 40.0 Å². The van der Waals surface area contributed by atoms with Crippen molar-refractivity contribution in [1.82, 2.24) is 15.5 Å². The molecule has 0 amide bonds. The zero-order chi connectivity index (χ0) is 17.1. The van der Waals surface area contributed by atoms with Crippen LogP contribution in [0.4, 0.5) is 0 Å². The molecule has 0 unspecified atom stereocenters. The molecule has 0 spiro atoms. The van der Waals surface area contributed by atoms with E-state index in [2.05, 4.69) is 41.3 Å². The lowest BCUT2D eigenvalue weighted by Gasteiger charge is -2.34. The fraction of sp³-hybridized carbons (Fsp3) is 0.941. The zero-order valence-electron chi connectivity index (χ0n) is 15.7. The summed E-state index contributed by atoms with van der Waals surface area (Å²) < 4.78 is 11.0. The average molecular weight is 329 g/mol. The highest BCUT2D eigenvalue weighted by Crippen LogP contribution is 2.14. The number of methoxy groups -OCH3 is 1. The molecule has 1 fully saturated rings. The predicted octanol–water partition coefficient (Wildman–Crippen LogP) is 1.47. The number of nitrogens with zero attached hydrogens (tertiary/aromatic N) is 2. The molecule has 1 saturated heterocycles. The maximum Gasteiger partial charge on any atom is 0.193 e. The normalized spacial score (nSPS) is 17.6. The van der Waals surface area contributed by atoms with Gasteiger partial charge in [-0.1, -0.05) is 0 Å². The van der Waals surface area contributed by atoms with Gasteiger partial charge >= 0.3 is 0 Å². The molecule has 0 aromatic carbocycles. The minimum atomic E-state index is 0.156. The Balaban J connectivity index is 2.20. The minimum Gasteiger partial charge on any atom is -0.385 e. The first-order valence-corrected chi connectivity index (χ1v) is 8.77. The smallest absolute Gasteiger partial charge is 0.193 e. The summed E-state index contributed by atoms with van der Waals surface area (Å²) in [6.07, 6.45) is 3.48. The van der Waals surface area contributed by atoms with E-state index in [-0.39, 0.29) is 5.54 Å². The molecule has 0 bridgehead atoms. The standard InChI is InChI=1S/C17H36N4O2/c1-17(2,3)20-10-9-19-16(18-4)21-11-7-15(8-12-21)23-14-6-13-22-5/h15,20H,6-14H2,1-5H3,(H,18,19). The molecular formula is C17H36N4O2. The van der Waals surface area contributed by atoms with E-state index in [9.17, 15) is 0 Å². The fourth-order valence-electron chi connectivity index (χ4n) is 2.63. The Labute approximate surface area is 142 Å². The third-order valence-electron chi connectivity index (χ3n) is 3.86. The lowest BCUT2D eigenvalue weighted by Crippen LogP contribution is -2.49. The Bertz CT molecular complexity index is 334. The van der Waals surface area contributed by atoms with Gasteiger partial charge in [0.25, 0.3) is 0 Å².